The van der Waals surface area contributed by atoms with Crippen LogP contribution in [0.3, 0.4) is 0 Å². The number of carbonyl (C=O) groups excluding carboxylic acids is 3. The van der Waals surface area contributed by atoms with E-state index in [1.807, 2.05) is 6.92 Å². The number of thiophene rings is 1. The molecule has 0 spiro atoms. The average Bonchev–Trinajstić information content (AvgIpc) is 2.92. The van der Waals surface area contributed by atoms with Gasteiger partial charge >= 0.3 is 5.97 Å². The zero-order valence-electron chi connectivity index (χ0n) is 10.9. The molecule has 1 fully saturated rings. The fourth-order valence-electron chi connectivity index (χ4n) is 1.93. The van der Waals surface area contributed by atoms with E-state index in [9.17, 15) is 14.4 Å². The maximum absolute atomic E-state index is 11.9. The molecule has 0 atom stereocenters. The van der Waals surface area contributed by atoms with E-state index in [0.29, 0.717) is 10.6 Å². The van der Waals surface area contributed by atoms with Crippen LogP contribution in [0.4, 0.5) is 5.00 Å². The van der Waals surface area contributed by atoms with Gasteiger partial charge in [-0.05, 0) is 19.4 Å². The third-order valence-corrected chi connectivity index (χ3v) is 4.14. The number of ketones is 1. The maximum atomic E-state index is 11.9. The molecule has 5 nitrogen and oxygen atoms in total. The van der Waals surface area contributed by atoms with E-state index in [4.69, 9.17) is 4.74 Å². The number of hydrogen-bond acceptors (Lipinski definition) is 5. The topological polar surface area (TPSA) is 63.7 Å². The van der Waals surface area contributed by atoms with Gasteiger partial charge in [0.2, 0.25) is 5.91 Å². The lowest BCUT2D eigenvalue weighted by Crippen LogP contribution is -2.25. The molecular weight excluding hydrogens is 266 g/mol. The standard InChI is InChI=1S/C13H15NO4S/c1-3-9-6-10(13(17)18-4-2)12(19-9)14-7-8(15)5-11(14)16/h6H,3-5,7H2,1-2H3. The number of Topliss-reactive ketones (excluding diaryl/α,β-unsaturated/α-hetero) is 1. The SMILES string of the molecule is CCOC(=O)c1cc(CC)sc1N1CC(=O)CC1=O. The van der Waals surface area contributed by atoms with Crippen molar-refractivity contribution in [1.29, 1.82) is 0 Å². The lowest BCUT2D eigenvalue weighted by molar-refractivity contribution is -0.121. The minimum atomic E-state index is -0.444. The zero-order valence-corrected chi connectivity index (χ0v) is 11.7. The fraction of sp³-hybridized carbons (Fsp3) is 0.462. The molecule has 1 aliphatic rings. The van der Waals surface area contributed by atoms with E-state index in [1.165, 1.54) is 16.2 Å². The number of esters is 1. The smallest absolute Gasteiger partial charge is 0.341 e. The van der Waals surface area contributed by atoms with Gasteiger partial charge < -0.3 is 4.74 Å². The number of aryl methyl sites for hydroxylation is 1. The molecule has 1 amide bonds. The van der Waals surface area contributed by atoms with Crippen molar-refractivity contribution in [2.45, 2.75) is 26.7 Å². The summed E-state index contributed by atoms with van der Waals surface area (Å²) in [6.45, 7) is 4.04. The number of nitrogens with zero attached hydrogens (tertiary/aromatic N) is 1. The molecule has 0 aromatic carbocycles. The Morgan fingerprint density at radius 2 is 2.16 bits per heavy atom. The molecule has 6 heteroatoms. The molecule has 1 aromatic heterocycles. The Labute approximate surface area is 115 Å². The van der Waals surface area contributed by atoms with Crippen molar-refractivity contribution in [2.24, 2.45) is 0 Å². The molecule has 0 N–H and O–H groups in total. The first kappa shape index (κ1) is 13.7. The highest BCUT2D eigenvalue weighted by molar-refractivity contribution is 7.16. The molecule has 102 valence electrons. The lowest BCUT2D eigenvalue weighted by Gasteiger charge is -2.14. The normalized spacial score (nSPS) is 15.2. The van der Waals surface area contributed by atoms with Gasteiger partial charge in [-0.15, -0.1) is 11.3 Å². The predicted octanol–water partition coefficient (Wildman–Crippen LogP) is 1.79. The molecule has 0 saturated carbocycles. The van der Waals surface area contributed by atoms with E-state index >= 15 is 0 Å². The van der Waals surface area contributed by atoms with Gasteiger partial charge in [0.25, 0.3) is 0 Å². The zero-order chi connectivity index (χ0) is 14.0. The first-order chi connectivity index (χ1) is 9.06. The fourth-order valence-corrected chi connectivity index (χ4v) is 3.03. The summed E-state index contributed by atoms with van der Waals surface area (Å²) in [5.41, 5.74) is 0.381. The van der Waals surface area contributed by atoms with Crippen molar-refractivity contribution < 1.29 is 19.1 Å². The number of ether oxygens (including phenoxy) is 1. The van der Waals surface area contributed by atoms with Crippen LogP contribution in [0.5, 0.6) is 0 Å². The Kier molecular flexibility index (Phi) is 3.99. The third-order valence-electron chi connectivity index (χ3n) is 2.84. The Hall–Kier alpha value is -1.69. The average molecular weight is 281 g/mol. The molecular formula is C13H15NO4S. The Bertz CT molecular complexity index is 535. The van der Waals surface area contributed by atoms with Gasteiger partial charge in [-0.2, -0.15) is 0 Å². The number of anilines is 1. The molecule has 1 saturated heterocycles. The maximum Gasteiger partial charge on any atom is 0.341 e. The van der Waals surface area contributed by atoms with Crippen LogP contribution in [-0.4, -0.2) is 30.8 Å². The van der Waals surface area contributed by atoms with Crippen molar-refractivity contribution in [3.05, 3.63) is 16.5 Å². The second-order valence-electron chi connectivity index (χ2n) is 4.20. The monoisotopic (exact) mass is 281 g/mol. The van der Waals surface area contributed by atoms with Crippen LogP contribution in [0.2, 0.25) is 0 Å². The highest BCUT2D eigenvalue weighted by Crippen LogP contribution is 2.34. The van der Waals surface area contributed by atoms with Crippen LogP contribution in [0, 0.1) is 0 Å². The van der Waals surface area contributed by atoms with Gasteiger partial charge in [0.15, 0.2) is 5.78 Å². The second-order valence-corrected chi connectivity index (χ2v) is 5.32. The molecule has 0 aliphatic carbocycles. The van der Waals surface area contributed by atoms with Crippen LogP contribution in [-0.2, 0) is 20.7 Å². The highest BCUT2D eigenvalue weighted by Gasteiger charge is 2.33. The van der Waals surface area contributed by atoms with Crippen molar-refractivity contribution in [3.63, 3.8) is 0 Å². The molecule has 0 unspecified atom stereocenters. The third kappa shape index (κ3) is 2.68. The van der Waals surface area contributed by atoms with Gasteiger partial charge in [-0.1, -0.05) is 6.92 Å². The van der Waals surface area contributed by atoms with Gasteiger partial charge in [-0.3, -0.25) is 14.5 Å². The van der Waals surface area contributed by atoms with E-state index in [2.05, 4.69) is 0 Å². The summed E-state index contributed by atoms with van der Waals surface area (Å²) in [7, 11) is 0. The van der Waals surface area contributed by atoms with Crippen LogP contribution in [0.15, 0.2) is 6.07 Å². The second kappa shape index (κ2) is 5.52. The number of amides is 1. The summed E-state index contributed by atoms with van der Waals surface area (Å²) in [6.07, 6.45) is 0.689. The number of rotatable bonds is 4. The van der Waals surface area contributed by atoms with Crippen molar-refractivity contribution in [2.75, 3.05) is 18.1 Å². The Morgan fingerprint density at radius 1 is 1.42 bits per heavy atom. The van der Waals surface area contributed by atoms with Gasteiger partial charge in [0.05, 0.1) is 25.1 Å². The van der Waals surface area contributed by atoms with Crippen LogP contribution in [0.1, 0.15) is 35.5 Å². The molecule has 1 aromatic rings. The van der Waals surface area contributed by atoms with Crippen molar-refractivity contribution in [3.8, 4) is 0 Å². The first-order valence-corrected chi connectivity index (χ1v) is 7.00. The Balaban J connectivity index is 2.38. The van der Waals surface area contributed by atoms with Crippen molar-refractivity contribution in [1.82, 2.24) is 0 Å². The molecule has 19 heavy (non-hydrogen) atoms. The first-order valence-electron chi connectivity index (χ1n) is 6.18. The van der Waals surface area contributed by atoms with Crippen LogP contribution >= 0.6 is 11.3 Å². The van der Waals surface area contributed by atoms with Gasteiger partial charge in [0.1, 0.15) is 5.00 Å². The molecule has 2 heterocycles. The summed E-state index contributed by atoms with van der Waals surface area (Å²) >= 11 is 1.37. The summed E-state index contributed by atoms with van der Waals surface area (Å²) in [5, 5.41) is 0.533. The van der Waals surface area contributed by atoms with E-state index < -0.39 is 5.97 Å². The largest absolute Gasteiger partial charge is 0.462 e. The number of hydrogen-bond donors (Lipinski definition) is 0. The van der Waals surface area contributed by atoms with E-state index in [-0.39, 0.29) is 31.3 Å². The quantitative estimate of drug-likeness (QED) is 0.623. The van der Waals surface area contributed by atoms with Crippen LogP contribution < -0.4 is 4.90 Å². The van der Waals surface area contributed by atoms with E-state index in [0.717, 1.165) is 11.3 Å². The highest BCUT2D eigenvalue weighted by atomic mass is 32.1. The molecule has 0 bridgehead atoms. The number of carbonyl (C=O) groups is 3. The molecule has 0 radical (unpaired) electrons. The van der Waals surface area contributed by atoms with Gasteiger partial charge in [0, 0.05) is 4.88 Å². The minimum absolute atomic E-state index is 0.0505. The summed E-state index contributed by atoms with van der Waals surface area (Å²) < 4.78 is 4.99. The molecule has 2 rings (SSSR count). The lowest BCUT2D eigenvalue weighted by atomic mass is 10.2. The van der Waals surface area contributed by atoms with Gasteiger partial charge in [-0.25, -0.2) is 4.79 Å². The predicted molar refractivity (Wildman–Crippen MR) is 71.6 cm³/mol. The van der Waals surface area contributed by atoms with Crippen molar-refractivity contribution >= 4 is 34.0 Å². The van der Waals surface area contributed by atoms with Crippen LogP contribution in [0.25, 0.3) is 0 Å². The minimum Gasteiger partial charge on any atom is -0.462 e. The summed E-state index contributed by atoms with van der Waals surface area (Å²) in [5.74, 6) is -0.813. The molecule has 1 aliphatic heterocycles. The summed E-state index contributed by atoms with van der Waals surface area (Å²) in [6, 6.07) is 1.74. The summed E-state index contributed by atoms with van der Waals surface area (Å²) in [4.78, 5) is 37.4. The van der Waals surface area contributed by atoms with E-state index in [1.54, 1.807) is 13.0 Å². The Morgan fingerprint density at radius 3 is 2.68 bits per heavy atom.